The van der Waals surface area contributed by atoms with E-state index in [9.17, 15) is 9.59 Å². The zero-order valence-electron chi connectivity index (χ0n) is 16.5. The third-order valence-corrected chi connectivity index (χ3v) is 5.49. The van der Waals surface area contributed by atoms with E-state index in [1.807, 2.05) is 6.07 Å². The van der Waals surface area contributed by atoms with Crippen LogP contribution in [0.15, 0.2) is 48.5 Å². The quantitative estimate of drug-likeness (QED) is 0.578. The van der Waals surface area contributed by atoms with Crippen molar-refractivity contribution in [2.45, 2.75) is 12.8 Å². The lowest BCUT2D eigenvalue weighted by molar-refractivity contribution is -0.127. The Morgan fingerprint density at radius 2 is 1.77 bits per heavy atom. The largest absolute Gasteiger partial charge is 0.486 e. The number of hydrogen-bond donors (Lipinski definition) is 0. The molecular formula is C24H22N2O4. The maximum absolute atomic E-state index is 12.9. The fraction of sp³-hybridized carbons (Fsp3) is 0.292. The molecule has 2 heterocycles. The van der Waals surface area contributed by atoms with E-state index in [0.717, 1.165) is 5.56 Å². The van der Waals surface area contributed by atoms with Crippen LogP contribution in [-0.4, -0.2) is 42.9 Å². The molecule has 4 rings (SSSR count). The molecule has 0 unspecified atom stereocenters. The Labute approximate surface area is 175 Å². The average Bonchev–Trinajstić information content (AvgIpc) is 2.82. The van der Waals surface area contributed by atoms with Gasteiger partial charge in [-0.15, -0.1) is 0 Å². The minimum absolute atomic E-state index is 0.0811. The van der Waals surface area contributed by atoms with Crippen LogP contribution < -0.4 is 9.47 Å². The molecule has 0 saturated carbocycles. The second-order valence-electron chi connectivity index (χ2n) is 7.35. The Kier molecular flexibility index (Phi) is 5.80. The van der Waals surface area contributed by atoms with Crippen LogP contribution in [0.4, 0.5) is 0 Å². The molecule has 30 heavy (non-hydrogen) atoms. The first-order valence-corrected chi connectivity index (χ1v) is 10.1. The van der Waals surface area contributed by atoms with Gasteiger partial charge in [0, 0.05) is 30.6 Å². The molecule has 0 aromatic heterocycles. The van der Waals surface area contributed by atoms with E-state index < -0.39 is 0 Å². The number of carbonyl (C=O) groups is 2. The van der Waals surface area contributed by atoms with Crippen LogP contribution in [-0.2, 0) is 4.79 Å². The number of fused-ring (bicyclic) bond motifs is 1. The van der Waals surface area contributed by atoms with E-state index in [0.29, 0.717) is 61.8 Å². The van der Waals surface area contributed by atoms with Gasteiger partial charge in [-0.25, -0.2) is 0 Å². The maximum Gasteiger partial charge on any atom is 0.246 e. The number of ketones is 1. The second-order valence-corrected chi connectivity index (χ2v) is 7.35. The molecule has 1 amide bonds. The van der Waals surface area contributed by atoms with Gasteiger partial charge in [-0.1, -0.05) is 18.2 Å². The third-order valence-electron chi connectivity index (χ3n) is 5.49. The van der Waals surface area contributed by atoms with Crippen molar-refractivity contribution in [3.8, 4) is 17.6 Å². The molecule has 0 spiro atoms. The van der Waals surface area contributed by atoms with Crippen LogP contribution in [0.25, 0.3) is 6.08 Å². The number of nitrogens with zero attached hydrogens (tertiary/aromatic N) is 2. The van der Waals surface area contributed by atoms with Crippen LogP contribution in [0, 0.1) is 17.2 Å². The van der Waals surface area contributed by atoms with Gasteiger partial charge in [-0.2, -0.15) is 5.26 Å². The van der Waals surface area contributed by atoms with Crippen molar-refractivity contribution >= 4 is 17.8 Å². The molecule has 0 atom stereocenters. The summed E-state index contributed by atoms with van der Waals surface area (Å²) in [7, 11) is 0. The molecule has 2 aliphatic heterocycles. The Bertz CT molecular complexity index is 1030. The number of amides is 1. The monoisotopic (exact) mass is 402 g/mol. The van der Waals surface area contributed by atoms with Gasteiger partial charge in [-0.3, -0.25) is 9.59 Å². The number of ether oxygens (including phenoxy) is 2. The van der Waals surface area contributed by atoms with Crippen molar-refractivity contribution in [1.29, 1.82) is 5.26 Å². The SMILES string of the molecule is N#Cc1ccccc1C=CC(=O)N1CCC(C(=O)c2ccc3c(c2)OCCO3)CC1. The number of rotatable bonds is 4. The molecule has 0 aliphatic carbocycles. The lowest BCUT2D eigenvalue weighted by Crippen LogP contribution is -2.39. The van der Waals surface area contributed by atoms with E-state index >= 15 is 0 Å². The lowest BCUT2D eigenvalue weighted by atomic mass is 9.88. The van der Waals surface area contributed by atoms with Crippen LogP contribution >= 0.6 is 0 Å². The zero-order valence-corrected chi connectivity index (χ0v) is 16.5. The molecule has 0 radical (unpaired) electrons. The summed E-state index contributed by atoms with van der Waals surface area (Å²) >= 11 is 0. The van der Waals surface area contributed by atoms with E-state index in [1.165, 1.54) is 6.08 Å². The predicted octanol–water partition coefficient (Wildman–Crippen LogP) is 3.46. The van der Waals surface area contributed by atoms with Crippen molar-refractivity contribution in [3.63, 3.8) is 0 Å². The molecule has 0 N–H and O–H groups in total. The minimum atomic E-state index is -0.111. The van der Waals surface area contributed by atoms with Crippen molar-refractivity contribution in [2.75, 3.05) is 26.3 Å². The molecular weight excluding hydrogens is 380 g/mol. The van der Waals surface area contributed by atoms with Crippen LogP contribution in [0.3, 0.4) is 0 Å². The molecule has 6 nitrogen and oxygen atoms in total. The molecule has 152 valence electrons. The molecule has 2 aromatic rings. The van der Waals surface area contributed by atoms with Crippen molar-refractivity contribution in [1.82, 2.24) is 4.90 Å². The molecule has 0 bridgehead atoms. The van der Waals surface area contributed by atoms with Gasteiger partial charge in [0.1, 0.15) is 13.2 Å². The Balaban J connectivity index is 1.35. The van der Waals surface area contributed by atoms with Crippen LogP contribution in [0.2, 0.25) is 0 Å². The van der Waals surface area contributed by atoms with Gasteiger partial charge >= 0.3 is 0 Å². The first-order chi connectivity index (χ1) is 14.7. The van der Waals surface area contributed by atoms with E-state index in [-0.39, 0.29) is 17.6 Å². The summed E-state index contributed by atoms with van der Waals surface area (Å²) in [6, 6.07) is 14.6. The van der Waals surface area contributed by atoms with Gasteiger partial charge in [0.15, 0.2) is 17.3 Å². The zero-order chi connectivity index (χ0) is 20.9. The number of hydrogen-bond acceptors (Lipinski definition) is 5. The number of carbonyl (C=O) groups excluding carboxylic acids is 2. The van der Waals surface area contributed by atoms with Gasteiger partial charge in [0.2, 0.25) is 5.91 Å². The van der Waals surface area contributed by atoms with Crippen molar-refractivity contribution in [3.05, 3.63) is 65.2 Å². The summed E-state index contributed by atoms with van der Waals surface area (Å²) in [5, 5.41) is 9.15. The topological polar surface area (TPSA) is 79.6 Å². The van der Waals surface area contributed by atoms with Gasteiger partial charge < -0.3 is 14.4 Å². The number of benzene rings is 2. The minimum Gasteiger partial charge on any atom is -0.486 e. The van der Waals surface area contributed by atoms with Crippen LogP contribution in [0.1, 0.15) is 34.3 Å². The Hall–Kier alpha value is -3.59. The lowest BCUT2D eigenvalue weighted by Gasteiger charge is -2.30. The maximum atomic E-state index is 12.9. The highest BCUT2D eigenvalue weighted by Crippen LogP contribution is 2.32. The summed E-state index contributed by atoms with van der Waals surface area (Å²) in [5.41, 5.74) is 1.87. The fourth-order valence-electron chi connectivity index (χ4n) is 3.81. The first kappa shape index (κ1) is 19.7. The number of Topliss-reactive ketones (excluding diaryl/α,β-unsaturated/α-hetero) is 1. The molecule has 2 aliphatic rings. The molecule has 1 saturated heterocycles. The summed E-state index contributed by atoms with van der Waals surface area (Å²) in [5.74, 6) is 1.15. The highest BCUT2D eigenvalue weighted by molar-refractivity contribution is 5.99. The smallest absolute Gasteiger partial charge is 0.246 e. The van der Waals surface area contributed by atoms with Gasteiger partial charge in [0.25, 0.3) is 0 Å². The van der Waals surface area contributed by atoms with Crippen molar-refractivity contribution < 1.29 is 19.1 Å². The van der Waals surface area contributed by atoms with E-state index in [4.69, 9.17) is 14.7 Å². The average molecular weight is 402 g/mol. The summed E-state index contributed by atoms with van der Waals surface area (Å²) in [6.45, 7) is 2.06. The van der Waals surface area contributed by atoms with Crippen molar-refractivity contribution in [2.24, 2.45) is 5.92 Å². The highest BCUT2D eigenvalue weighted by atomic mass is 16.6. The summed E-state index contributed by atoms with van der Waals surface area (Å²) in [6.07, 6.45) is 4.43. The molecule has 1 fully saturated rings. The fourth-order valence-corrected chi connectivity index (χ4v) is 3.81. The van der Waals surface area contributed by atoms with Gasteiger partial charge in [-0.05, 0) is 48.7 Å². The van der Waals surface area contributed by atoms with Gasteiger partial charge in [0.05, 0.1) is 11.6 Å². The molecule has 6 heteroatoms. The first-order valence-electron chi connectivity index (χ1n) is 10.1. The number of piperidine rings is 1. The number of nitriles is 1. The standard InChI is InChI=1S/C24H22N2O4/c25-16-20-4-2-1-3-17(20)6-8-23(27)26-11-9-18(10-12-26)24(28)19-5-7-21-22(15-19)30-14-13-29-21/h1-8,15,18H,9-14H2. The Morgan fingerprint density at radius 3 is 2.53 bits per heavy atom. The van der Waals surface area contributed by atoms with E-state index in [1.54, 1.807) is 47.4 Å². The van der Waals surface area contributed by atoms with E-state index in [2.05, 4.69) is 6.07 Å². The summed E-state index contributed by atoms with van der Waals surface area (Å²) in [4.78, 5) is 27.2. The van der Waals surface area contributed by atoms with Crippen LogP contribution in [0.5, 0.6) is 11.5 Å². The predicted molar refractivity (Wildman–Crippen MR) is 111 cm³/mol. The number of likely N-dealkylation sites (tertiary alicyclic amines) is 1. The second kappa shape index (κ2) is 8.83. The molecule has 2 aromatic carbocycles. The summed E-state index contributed by atoms with van der Waals surface area (Å²) < 4.78 is 11.1. The normalized spacial score (nSPS) is 16.3. The Morgan fingerprint density at radius 1 is 1.03 bits per heavy atom. The highest BCUT2D eigenvalue weighted by Gasteiger charge is 2.28. The third kappa shape index (κ3) is 4.20.